The Hall–Kier alpha value is -4.46. The molecule has 1 saturated heterocycles. The molecule has 3 aromatic carbocycles. The van der Waals surface area contributed by atoms with Gasteiger partial charge in [-0.1, -0.05) is 80.4 Å². The van der Waals surface area contributed by atoms with Crippen LogP contribution in [0.1, 0.15) is 67.2 Å². The van der Waals surface area contributed by atoms with Crippen LogP contribution in [-0.4, -0.2) is 47.8 Å². The van der Waals surface area contributed by atoms with Gasteiger partial charge in [0.05, 0.1) is 24.1 Å². The van der Waals surface area contributed by atoms with Crippen molar-refractivity contribution in [3.05, 3.63) is 95.1 Å². The van der Waals surface area contributed by atoms with Crippen LogP contribution >= 0.6 is 0 Å². The van der Waals surface area contributed by atoms with Crippen LogP contribution in [0.25, 0.3) is 0 Å². The predicted octanol–water partition coefficient (Wildman–Crippen LogP) is 5.02. The summed E-state index contributed by atoms with van der Waals surface area (Å²) in [6.07, 6.45) is 1.66. The summed E-state index contributed by atoms with van der Waals surface area (Å²) in [4.78, 5) is 55.7. The molecule has 1 heterocycles. The number of benzene rings is 3. The highest BCUT2D eigenvalue weighted by Gasteiger charge is 2.63. The number of unbranched alkanes of at least 4 members (excludes halogenated alkanes) is 1. The summed E-state index contributed by atoms with van der Waals surface area (Å²) in [5.41, 5.74) is 4.75. The van der Waals surface area contributed by atoms with Crippen LogP contribution in [0, 0.1) is 11.8 Å². The molecule has 0 aromatic heterocycles. The van der Waals surface area contributed by atoms with Gasteiger partial charge in [0.2, 0.25) is 11.8 Å². The number of likely N-dealkylation sites (tertiary alicyclic amines) is 1. The molecule has 1 fully saturated rings. The third kappa shape index (κ3) is 4.55. The molecule has 3 atom stereocenters. The van der Waals surface area contributed by atoms with E-state index < -0.39 is 36.4 Å². The van der Waals surface area contributed by atoms with Crippen molar-refractivity contribution in [2.24, 2.45) is 11.8 Å². The van der Waals surface area contributed by atoms with E-state index in [0.717, 1.165) is 33.6 Å². The fraction of sp³-hybridized carbons (Fsp3) is 0.353. The largest absolute Gasteiger partial charge is 0.492 e. The van der Waals surface area contributed by atoms with E-state index in [4.69, 9.17) is 9.47 Å². The van der Waals surface area contributed by atoms with Crippen molar-refractivity contribution in [3.8, 4) is 5.75 Å². The second-order valence-electron chi connectivity index (χ2n) is 11.1. The summed E-state index contributed by atoms with van der Waals surface area (Å²) in [5, 5.41) is 2.71. The van der Waals surface area contributed by atoms with Crippen molar-refractivity contribution < 1.29 is 28.7 Å². The van der Waals surface area contributed by atoms with E-state index in [-0.39, 0.29) is 30.1 Å². The number of carbonyl (C=O) groups excluding carboxylic acids is 4. The number of anilines is 1. The number of hydrogen-bond acceptors (Lipinski definition) is 6. The molecule has 216 valence electrons. The van der Waals surface area contributed by atoms with Crippen LogP contribution in [0.5, 0.6) is 5.75 Å². The van der Waals surface area contributed by atoms with Gasteiger partial charge >= 0.3 is 5.97 Å². The number of amides is 3. The highest BCUT2D eigenvalue weighted by atomic mass is 16.5. The van der Waals surface area contributed by atoms with Crippen LogP contribution in [0.4, 0.5) is 5.69 Å². The number of esters is 1. The lowest BCUT2D eigenvalue weighted by atomic mass is 9.55. The molecular formula is C34H34N2O6. The summed E-state index contributed by atoms with van der Waals surface area (Å²) < 4.78 is 11.0. The van der Waals surface area contributed by atoms with E-state index >= 15 is 0 Å². The number of carbonyl (C=O) groups is 4. The molecule has 0 unspecified atom stereocenters. The first-order chi connectivity index (χ1) is 20.5. The van der Waals surface area contributed by atoms with E-state index in [1.54, 1.807) is 24.3 Å². The van der Waals surface area contributed by atoms with E-state index in [2.05, 4.69) is 5.32 Å². The molecule has 1 aliphatic heterocycles. The lowest BCUT2D eigenvalue weighted by Crippen LogP contribution is -2.47. The number of nitrogens with one attached hydrogen (secondary N) is 1. The molecule has 7 rings (SSSR count). The van der Waals surface area contributed by atoms with Gasteiger partial charge in [-0.2, -0.15) is 0 Å². The molecule has 1 N–H and O–H groups in total. The lowest BCUT2D eigenvalue weighted by molar-refractivity contribution is -0.160. The smallest absolute Gasteiger partial charge is 0.329 e. The van der Waals surface area contributed by atoms with Crippen molar-refractivity contribution in [2.75, 3.05) is 18.5 Å². The first-order valence-corrected chi connectivity index (χ1v) is 14.7. The number of hydrogen-bond donors (Lipinski definition) is 1. The van der Waals surface area contributed by atoms with Gasteiger partial charge in [-0.3, -0.25) is 19.3 Å². The Kier molecular flexibility index (Phi) is 7.54. The molecule has 8 nitrogen and oxygen atoms in total. The van der Waals surface area contributed by atoms with Crippen LogP contribution in [0.2, 0.25) is 0 Å². The summed E-state index contributed by atoms with van der Waals surface area (Å²) >= 11 is 0. The van der Waals surface area contributed by atoms with Gasteiger partial charge in [0, 0.05) is 11.8 Å². The number of nitrogens with zero attached hydrogens (tertiary/aromatic N) is 1. The zero-order valence-corrected chi connectivity index (χ0v) is 23.7. The molecule has 3 amide bonds. The van der Waals surface area contributed by atoms with Gasteiger partial charge in [-0.25, -0.2) is 4.79 Å². The molecule has 0 saturated carbocycles. The normalized spacial score (nSPS) is 22.2. The van der Waals surface area contributed by atoms with Crippen LogP contribution in [-0.2, 0) is 23.9 Å². The zero-order valence-electron chi connectivity index (χ0n) is 23.7. The molecule has 8 heteroatoms. The molecule has 0 radical (unpaired) electrons. The number of imide groups is 1. The number of rotatable bonds is 10. The highest BCUT2D eigenvalue weighted by Crippen LogP contribution is 2.61. The van der Waals surface area contributed by atoms with Crippen molar-refractivity contribution >= 4 is 29.4 Å². The molecule has 4 aliphatic rings. The number of para-hydroxylation sites is 2. The van der Waals surface area contributed by atoms with Gasteiger partial charge in [0.25, 0.3) is 5.91 Å². The molecular weight excluding hydrogens is 532 g/mol. The minimum atomic E-state index is -1.09. The van der Waals surface area contributed by atoms with Crippen molar-refractivity contribution in [1.29, 1.82) is 0 Å². The summed E-state index contributed by atoms with van der Waals surface area (Å²) in [6.45, 7) is 3.70. The molecule has 2 bridgehead atoms. The second kappa shape index (κ2) is 11.4. The third-order valence-electron chi connectivity index (χ3n) is 8.70. The molecule has 3 aliphatic carbocycles. The van der Waals surface area contributed by atoms with Crippen molar-refractivity contribution in [3.63, 3.8) is 0 Å². The number of ether oxygens (including phenoxy) is 2. The van der Waals surface area contributed by atoms with Gasteiger partial charge in [0.1, 0.15) is 11.8 Å². The van der Waals surface area contributed by atoms with Crippen LogP contribution < -0.4 is 10.1 Å². The first-order valence-electron chi connectivity index (χ1n) is 14.7. The standard InChI is InChI=1S/C34H34N2O6/c1-3-5-17-25(34(40)42-19-27(37)35-24-16-10-11-18-26(24)41-4-2)36-32(38)30-28-20-12-6-7-13-21(20)29(31(30)33(36)39)23-15-9-8-14-22(23)28/h6-16,18,25,28-31H,3-5,17,19H2,1-2H3,(H,35,37)/t25-,28?,29?,30-,31-/m1/s1. The Morgan fingerprint density at radius 1 is 0.810 bits per heavy atom. The Balaban J connectivity index is 1.24. The Morgan fingerprint density at radius 2 is 1.33 bits per heavy atom. The van der Waals surface area contributed by atoms with E-state index in [1.807, 2.05) is 62.4 Å². The zero-order chi connectivity index (χ0) is 29.4. The molecule has 3 aromatic rings. The quantitative estimate of drug-likeness (QED) is 0.273. The van der Waals surface area contributed by atoms with Gasteiger partial charge in [-0.15, -0.1) is 0 Å². The van der Waals surface area contributed by atoms with Crippen LogP contribution in [0.15, 0.2) is 72.8 Å². The Labute approximate surface area is 245 Å². The first kappa shape index (κ1) is 27.7. The van der Waals surface area contributed by atoms with Gasteiger partial charge in [0.15, 0.2) is 6.61 Å². The minimum absolute atomic E-state index is 0.257. The summed E-state index contributed by atoms with van der Waals surface area (Å²) in [7, 11) is 0. The topological polar surface area (TPSA) is 102 Å². The van der Waals surface area contributed by atoms with Gasteiger partial charge < -0.3 is 14.8 Å². The average Bonchev–Trinajstić information content (AvgIpc) is 3.27. The second-order valence-corrected chi connectivity index (χ2v) is 11.1. The Morgan fingerprint density at radius 3 is 1.86 bits per heavy atom. The molecule has 0 spiro atoms. The minimum Gasteiger partial charge on any atom is -0.492 e. The lowest BCUT2D eigenvalue weighted by Gasteiger charge is -2.45. The highest BCUT2D eigenvalue weighted by molar-refractivity contribution is 6.10. The summed E-state index contributed by atoms with van der Waals surface area (Å²) in [6, 6.07) is 22.0. The third-order valence-corrected chi connectivity index (χ3v) is 8.70. The monoisotopic (exact) mass is 566 g/mol. The van der Waals surface area contributed by atoms with Gasteiger partial charge in [-0.05, 0) is 47.7 Å². The SMILES string of the molecule is CCCC[C@H](C(=O)OCC(=O)Nc1ccccc1OCC)N1C(=O)[C@@H]2C3c4ccccc4C(c4ccccc43)[C@H]2C1=O. The van der Waals surface area contributed by atoms with Crippen molar-refractivity contribution in [1.82, 2.24) is 4.90 Å². The summed E-state index contributed by atoms with van der Waals surface area (Å²) in [5.74, 6) is -3.13. The average molecular weight is 567 g/mol. The maximum atomic E-state index is 14.2. The Bertz CT molecular complexity index is 1430. The van der Waals surface area contributed by atoms with E-state index in [1.165, 1.54) is 0 Å². The fourth-order valence-electron chi connectivity index (χ4n) is 7.03. The predicted molar refractivity (Wildman–Crippen MR) is 156 cm³/mol. The van der Waals surface area contributed by atoms with Crippen molar-refractivity contribution in [2.45, 2.75) is 51.0 Å². The fourth-order valence-corrected chi connectivity index (χ4v) is 7.03. The maximum Gasteiger partial charge on any atom is 0.329 e. The van der Waals surface area contributed by atoms with E-state index in [9.17, 15) is 19.2 Å². The maximum absolute atomic E-state index is 14.2. The molecule has 42 heavy (non-hydrogen) atoms. The van der Waals surface area contributed by atoms with E-state index in [0.29, 0.717) is 24.5 Å². The van der Waals surface area contributed by atoms with Crippen LogP contribution in [0.3, 0.4) is 0 Å².